The highest BCUT2D eigenvalue weighted by atomic mass is 16.5. The molecule has 2 N–H and O–H groups in total. The Labute approximate surface area is 117 Å². The molecular formula is C16H30N2O. The molecule has 1 unspecified atom stereocenters. The lowest BCUT2D eigenvalue weighted by molar-refractivity contribution is -0.0227. The van der Waals surface area contributed by atoms with Gasteiger partial charge in [-0.3, -0.25) is 4.90 Å². The lowest BCUT2D eigenvalue weighted by Crippen LogP contribution is -2.56. The van der Waals surface area contributed by atoms with E-state index in [2.05, 4.69) is 4.90 Å². The molecule has 110 valence electrons. The number of piperidine rings is 1. The van der Waals surface area contributed by atoms with Gasteiger partial charge in [0.2, 0.25) is 0 Å². The Morgan fingerprint density at radius 2 is 1.74 bits per heavy atom. The average Bonchev–Trinajstić information content (AvgIpc) is 2.49. The molecule has 3 nitrogen and oxygen atoms in total. The van der Waals surface area contributed by atoms with E-state index in [0.717, 1.165) is 37.6 Å². The van der Waals surface area contributed by atoms with E-state index in [1.807, 2.05) is 0 Å². The Kier molecular flexibility index (Phi) is 4.78. The first-order valence-corrected chi connectivity index (χ1v) is 8.43. The third kappa shape index (κ3) is 2.98. The van der Waals surface area contributed by atoms with Crippen molar-refractivity contribution in [1.29, 1.82) is 0 Å². The molecule has 19 heavy (non-hydrogen) atoms. The van der Waals surface area contributed by atoms with E-state index in [1.54, 1.807) is 0 Å². The van der Waals surface area contributed by atoms with E-state index in [9.17, 15) is 0 Å². The van der Waals surface area contributed by atoms with E-state index in [0.29, 0.717) is 6.04 Å². The number of rotatable bonds is 3. The second-order valence-electron chi connectivity index (χ2n) is 6.74. The highest BCUT2D eigenvalue weighted by Gasteiger charge is 2.38. The molecule has 3 aliphatic rings. The Bertz CT molecular complexity index is 276. The van der Waals surface area contributed by atoms with Crippen molar-refractivity contribution < 1.29 is 4.74 Å². The van der Waals surface area contributed by atoms with Gasteiger partial charge in [0.25, 0.3) is 0 Å². The smallest absolute Gasteiger partial charge is 0.0469 e. The van der Waals surface area contributed by atoms with Crippen LogP contribution in [-0.4, -0.2) is 43.3 Å². The molecule has 0 aromatic rings. The van der Waals surface area contributed by atoms with Gasteiger partial charge in [0, 0.05) is 31.8 Å². The summed E-state index contributed by atoms with van der Waals surface area (Å²) in [6.07, 6.45) is 11.1. The molecular weight excluding hydrogens is 236 g/mol. The number of likely N-dealkylation sites (tertiary alicyclic amines) is 1. The standard InChI is InChI=1S/C16H30N2O/c17-12-16(14-7-10-19-11-8-14)18-9-3-5-13-4-1-2-6-15(13)18/h13-16H,1-12,17H2/t13-,15-,16?/m1/s1. The second-order valence-corrected chi connectivity index (χ2v) is 6.74. The first-order valence-electron chi connectivity index (χ1n) is 8.43. The first kappa shape index (κ1) is 13.8. The van der Waals surface area contributed by atoms with Crippen molar-refractivity contribution in [3.05, 3.63) is 0 Å². The molecule has 2 aliphatic heterocycles. The maximum atomic E-state index is 6.17. The number of fused-ring (bicyclic) bond motifs is 1. The van der Waals surface area contributed by atoms with Crippen LogP contribution in [0.3, 0.4) is 0 Å². The van der Waals surface area contributed by atoms with Crippen molar-refractivity contribution in [3.8, 4) is 0 Å². The molecule has 0 aromatic carbocycles. The fourth-order valence-corrected chi connectivity index (χ4v) is 4.77. The topological polar surface area (TPSA) is 38.5 Å². The van der Waals surface area contributed by atoms with Crippen molar-refractivity contribution >= 4 is 0 Å². The van der Waals surface area contributed by atoms with Crippen molar-refractivity contribution in [2.24, 2.45) is 17.6 Å². The van der Waals surface area contributed by atoms with E-state index in [-0.39, 0.29) is 0 Å². The van der Waals surface area contributed by atoms with Crippen LogP contribution in [0.4, 0.5) is 0 Å². The Hall–Kier alpha value is -0.120. The van der Waals surface area contributed by atoms with E-state index < -0.39 is 0 Å². The van der Waals surface area contributed by atoms with Gasteiger partial charge in [-0.1, -0.05) is 12.8 Å². The zero-order valence-corrected chi connectivity index (χ0v) is 12.2. The van der Waals surface area contributed by atoms with Gasteiger partial charge >= 0.3 is 0 Å². The largest absolute Gasteiger partial charge is 0.381 e. The Morgan fingerprint density at radius 3 is 2.53 bits per heavy atom. The number of nitrogens with zero attached hydrogens (tertiary/aromatic N) is 1. The van der Waals surface area contributed by atoms with Gasteiger partial charge in [-0.2, -0.15) is 0 Å². The molecule has 1 saturated carbocycles. The van der Waals surface area contributed by atoms with Gasteiger partial charge in [0.15, 0.2) is 0 Å². The first-order chi connectivity index (χ1) is 9.40. The number of nitrogens with two attached hydrogens (primary N) is 1. The van der Waals surface area contributed by atoms with Gasteiger partial charge in [0.05, 0.1) is 0 Å². The second kappa shape index (κ2) is 6.55. The van der Waals surface area contributed by atoms with Crippen molar-refractivity contribution in [2.45, 2.75) is 63.5 Å². The van der Waals surface area contributed by atoms with Crippen LogP contribution in [0, 0.1) is 11.8 Å². The molecule has 0 aromatic heterocycles. The van der Waals surface area contributed by atoms with Crippen LogP contribution in [0.1, 0.15) is 51.4 Å². The monoisotopic (exact) mass is 266 g/mol. The van der Waals surface area contributed by atoms with Crippen molar-refractivity contribution in [3.63, 3.8) is 0 Å². The minimum Gasteiger partial charge on any atom is -0.381 e. The summed E-state index contributed by atoms with van der Waals surface area (Å²) in [6.45, 7) is 4.03. The van der Waals surface area contributed by atoms with Crippen LogP contribution in [0.15, 0.2) is 0 Å². The van der Waals surface area contributed by atoms with Crippen LogP contribution in [-0.2, 0) is 4.74 Å². The molecule has 2 saturated heterocycles. The van der Waals surface area contributed by atoms with E-state index in [1.165, 1.54) is 57.9 Å². The fourth-order valence-electron chi connectivity index (χ4n) is 4.77. The summed E-state index contributed by atoms with van der Waals surface area (Å²) in [5.41, 5.74) is 6.17. The molecule has 0 bridgehead atoms. The summed E-state index contributed by atoms with van der Waals surface area (Å²) in [5.74, 6) is 1.75. The normalized spacial score (nSPS) is 35.8. The lowest BCUT2D eigenvalue weighted by atomic mass is 9.76. The summed E-state index contributed by atoms with van der Waals surface area (Å²) in [6, 6.07) is 1.47. The molecule has 2 heterocycles. The van der Waals surface area contributed by atoms with Crippen molar-refractivity contribution in [1.82, 2.24) is 4.90 Å². The van der Waals surface area contributed by atoms with Crippen LogP contribution < -0.4 is 5.73 Å². The van der Waals surface area contributed by atoms with Crippen LogP contribution in [0.2, 0.25) is 0 Å². The summed E-state index contributed by atoms with van der Waals surface area (Å²) in [7, 11) is 0. The van der Waals surface area contributed by atoms with Gasteiger partial charge in [-0.15, -0.1) is 0 Å². The number of hydrogen-bond acceptors (Lipinski definition) is 3. The predicted octanol–water partition coefficient (Wildman–Crippen LogP) is 2.39. The summed E-state index contributed by atoms with van der Waals surface area (Å²) < 4.78 is 5.53. The number of ether oxygens (including phenoxy) is 1. The third-order valence-electron chi connectivity index (χ3n) is 5.76. The third-order valence-corrected chi connectivity index (χ3v) is 5.76. The van der Waals surface area contributed by atoms with Crippen LogP contribution in [0.25, 0.3) is 0 Å². The Balaban J connectivity index is 1.69. The molecule has 0 amide bonds. The van der Waals surface area contributed by atoms with Crippen LogP contribution in [0.5, 0.6) is 0 Å². The summed E-state index contributed by atoms with van der Waals surface area (Å²) >= 11 is 0. The summed E-state index contributed by atoms with van der Waals surface area (Å²) in [5, 5.41) is 0. The highest BCUT2D eigenvalue weighted by Crippen LogP contribution is 2.38. The maximum absolute atomic E-state index is 6.17. The fraction of sp³-hybridized carbons (Fsp3) is 1.00. The quantitative estimate of drug-likeness (QED) is 0.852. The van der Waals surface area contributed by atoms with Gasteiger partial charge < -0.3 is 10.5 Å². The lowest BCUT2D eigenvalue weighted by Gasteiger charge is -2.50. The SMILES string of the molecule is NCC(C1CCOCC1)N1CCC[C@H]2CCCC[C@H]21. The molecule has 0 spiro atoms. The zero-order chi connectivity index (χ0) is 13.1. The van der Waals surface area contributed by atoms with Crippen LogP contribution >= 0.6 is 0 Å². The Morgan fingerprint density at radius 1 is 1.00 bits per heavy atom. The highest BCUT2D eigenvalue weighted by molar-refractivity contribution is 4.93. The molecule has 0 radical (unpaired) electrons. The van der Waals surface area contributed by atoms with E-state index in [4.69, 9.17) is 10.5 Å². The molecule has 3 fully saturated rings. The molecule has 3 rings (SSSR count). The minimum absolute atomic E-state index is 0.620. The number of hydrogen-bond donors (Lipinski definition) is 1. The maximum Gasteiger partial charge on any atom is 0.0469 e. The van der Waals surface area contributed by atoms with Gasteiger partial charge in [-0.25, -0.2) is 0 Å². The van der Waals surface area contributed by atoms with Crippen molar-refractivity contribution in [2.75, 3.05) is 26.3 Å². The molecule has 1 aliphatic carbocycles. The van der Waals surface area contributed by atoms with Gasteiger partial charge in [-0.05, 0) is 56.9 Å². The minimum atomic E-state index is 0.620. The molecule has 3 atom stereocenters. The summed E-state index contributed by atoms with van der Waals surface area (Å²) in [4.78, 5) is 2.82. The predicted molar refractivity (Wildman–Crippen MR) is 78.1 cm³/mol. The average molecular weight is 266 g/mol. The van der Waals surface area contributed by atoms with Gasteiger partial charge in [0.1, 0.15) is 0 Å². The molecule has 3 heteroatoms. The van der Waals surface area contributed by atoms with E-state index >= 15 is 0 Å². The zero-order valence-electron chi connectivity index (χ0n) is 12.2.